The fourth-order valence-electron chi connectivity index (χ4n) is 2.14. The van der Waals surface area contributed by atoms with Gasteiger partial charge in [-0.3, -0.25) is 0 Å². The molecule has 76 valence electrons. The van der Waals surface area contributed by atoms with Crippen molar-refractivity contribution in [1.29, 1.82) is 0 Å². The lowest BCUT2D eigenvalue weighted by atomic mass is 9.75. The monoisotopic (exact) mass is 182 g/mol. The summed E-state index contributed by atoms with van der Waals surface area (Å²) in [5.74, 6) is 2.42. The largest absolute Gasteiger partial charge is 0.504 e. The molecule has 0 aliphatic heterocycles. The lowest BCUT2D eigenvalue weighted by Gasteiger charge is -2.31. The molecule has 1 saturated carbocycles. The molecule has 0 saturated heterocycles. The van der Waals surface area contributed by atoms with Crippen molar-refractivity contribution >= 4 is 0 Å². The van der Waals surface area contributed by atoms with Gasteiger partial charge < -0.3 is 4.74 Å². The highest BCUT2D eigenvalue weighted by molar-refractivity contribution is 5.07. The van der Waals surface area contributed by atoms with Crippen molar-refractivity contribution in [3.05, 3.63) is 11.8 Å². The molecule has 1 fully saturated rings. The van der Waals surface area contributed by atoms with Gasteiger partial charge in [-0.15, -0.1) is 0 Å². The Balaban J connectivity index is 2.58. The zero-order chi connectivity index (χ0) is 9.84. The van der Waals surface area contributed by atoms with Crippen molar-refractivity contribution < 1.29 is 4.74 Å². The summed E-state index contributed by atoms with van der Waals surface area (Å²) in [6.45, 7) is 6.96. The Morgan fingerprint density at radius 1 is 1.38 bits per heavy atom. The lowest BCUT2D eigenvalue weighted by Crippen LogP contribution is -2.19. The zero-order valence-corrected chi connectivity index (χ0v) is 9.34. The first-order valence-corrected chi connectivity index (χ1v) is 5.36. The van der Waals surface area contributed by atoms with Crippen LogP contribution in [0.15, 0.2) is 11.8 Å². The number of methoxy groups -OCH3 is 1. The second-order valence-corrected chi connectivity index (χ2v) is 4.62. The highest BCUT2D eigenvalue weighted by Gasteiger charge is 2.24. The summed E-state index contributed by atoms with van der Waals surface area (Å²) in [5.41, 5.74) is 1.51. The molecule has 0 heterocycles. The second kappa shape index (κ2) is 4.69. The van der Waals surface area contributed by atoms with Crippen LogP contribution in [0.2, 0.25) is 0 Å². The van der Waals surface area contributed by atoms with Crippen molar-refractivity contribution in [1.82, 2.24) is 0 Å². The van der Waals surface area contributed by atoms with Gasteiger partial charge in [0.25, 0.3) is 0 Å². The van der Waals surface area contributed by atoms with Crippen LogP contribution in [0, 0.1) is 17.8 Å². The van der Waals surface area contributed by atoms with Crippen molar-refractivity contribution in [2.24, 2.45) is 17.8 Å². The molecule has 0 aromatic rings. The highest BCUT2D eigenvalue weighted by atomic mass is 16.5. The molecule has 0 bridgehead atoms. The van der Waals surface area contributed by atoms with E-state index in [0.29, 0.717) is 0 Å². The third-order valence-electron chi connectivity index (χ3n) is 3.31. The van der Waals surface area contributed by atoms with Crippen LogP contribution in [0.4, 0.5) is 0 Å². The molecule has 0 aromatic heterocycles. The van der Waals surface area contributed by atoms with Crippen LogP contribution in [0.1, 0.15) is 40.0 Å². The van der Waals surface area contributed by atoms with Crippen LogP contribution in [0.3, 0.4) is 0 Å². The molecule has 0 spiro atoms. The number of rotatable bonds is 2. The second-order valence-electron chi connectivity index (χ2n) is 4.62. The molecule has 1 nitrogen and oxygen atoms in total. The predicted octanol–water partition coefficient (Wildman–Crippen LogP) is 3.61. The van der Waals surface area contributed by atoms with Gasteiger partial charge in [-0.1, -0.05) is 20.8 Å². The van der Waals surface area contributed by atoms with E-state index in [0.717, 1.165) is 17.8 Å². The maximum absolute atomic E-state index is 5.12. The van der Waals surface area contributed by atoms with E-state index in [1.165, 1.54) is 24.8 Å². The van der Waals surface area contributed by atoms with Crippen LogP contribution in [0.5, 0.6) is 0 Å². The van der Waals surface area contributed by atoms with Crippen LogP contribution in [-0.2, 0) is 4.74 Å². The SMILES string of the molecule is CO/C=C1\CC(C(C)C)CCC1C. The maximum atomic E-state index is 5.12. The van der Waals surface area contributed by atoms with Gasteiger partial charge >= 0.3 is 0 Å². The van der Waals surface area contributed by atoms with E-state index in [1.54, 1.807) is 7.11 Å². The van der Waals surface area contributed by atoms with E-state index in [-0.39, 0.29) is 0 Å². The van der Waals surface area contributed by atoms with Crippen molar-refractivity contribution in [2.45, 2.75) is 40.0 Å². The minimum absolute atomic E-state index is 0.731. The molecule has 1 aliphatic carbocycles. The number of hydrogen-bond acceptors (Lipinski definition) is 1. The zero-order valence-electron chi connectivity index (χ0n) is 9.34. The number of hydrogen-bond donors (Lipinski definition) is 0. The minimum Gasteiger partial charge on any atom is -0.504 e. The highest BCUT2D eigenvalue weighted by Crippen LogP contribution is 2.36. The third-order valence-corrected chi connectivity index (χ3v) is 3.31. The fourth-order valence-corrected chi connectivity index (χ4v) is 2.14. The van der Waals surface area contributed by atoms with Gasteiger partial charge in [0.15, 0.2) is 0 Å². The van der Waals surface area contributed by atoms with Gasteiger partial charge in [0.1, 0.15) is 0 Å². The van der Waals surface area contributed by atoms with Crippen molar-refractivity contribution in [2.75, 3.05) is 7.11 Å². The molecular weight excluding hydrogens is 160 g/mol. The summed E-state index contributed by atoms with van der Waals surface area (Å²) < 4.78 is 5.12. The summed E-state index contributed by atoms with van der Waals surface area (Å²) in [5, 5.41) is 0. The minimum atomic E-state index is 0.731. The van der Waals surface area contributed by atoms with Gasteiger partial charge in [-0.05, 0) is 42.6 Å². The summed E-state index contributed by atoms with van der Waals surface area (Å²) >= 11 is 0. The van der Waals surface area contributed by atoms with Crippen LogP contribution >= 0.6 is 0 Å². The predicted molar refractivity (Wildman–Crippen MR) is 56.4 cm³/mol. The Morgan fingerprint density at radius 2 is 2.08 bits per heavy atom. The van der Waals surface area contributed by atoms with Crippen molar-refractivity contribution in [3.8, 4) is 0 Å². The van der Waals surface area contributed by atoms with Gasteiger partial charge in [0.05, 0.1) is 13.4 Å². The van der Waals surface area contributed by atoms with Crippen LogP contribution in [0.25, 0.3) is 0 Å². The topological polar surface area (TPSA) is 9.23 Å². The van der Waals surface area contributed by atoms with Crippen LogP contribution < -0.4 is 0 Å². The molecule has 0 N–H and O–H groups in total. The van der Waals surface area contributed by atoms with Gasteiger partial charge in [-0.25, -0.2) is 0 Å². The molecule has 2 atom stereocenters. The van der Waals surface area contributed by atoms with E-state index in [4.69, 9.17) is 4.74 Å². The Bertz CT molecular complexity index is 182. The lowest BCUT2D eigenvalue weighted by molar-refractivity contribution is 0.267. The smallest absolute Gasteiger partial charge is 0.0819 e. The third kappa shape index (κ3) is 2.75. The van der Waals surface area contributed by atoms with E-state index >= 15 is 0 Å². The summed E-state index contributed by atoms with van der Waals surface area (Å²) in [6.07, 6.45) is 5.92. The van der Waals surface area contributed by atoms with E-state index in [2.05, 4.69) is 20.8 Å². The van der Waals surface area contributed by atoms with Gasteiger partial charge in [0, 0.05) is 0 Å². The normalized spacial score (nSPS) is 32.5. The first-order chi connectivity index (χ1) is 6.15. The average molecular weight is 182 g/mol. The molecule has 1 rings (SSSR count). The Morgan fingerprint density at radius 3 is 2.62 bits per heavy atom. The molecule has 0 amide bonds. The Kier molecular flexibility index (Phi) is 3.83. The molecule has 1 heteroatoms. The van der Waals surface area contributed by atoms with E-state index < -0.39 is 0 Å². The molecule has 1 aliphatic rings. The van der Waals surface area contributed by atoms with Crippen LogP contribution in [-0.4, -0.2) is 7.11 Å². The molecule has 13 heavy (non-hydrogen) atoms. The maximum Gasteiger partial charge on any atom is 0.0819 e. The van der Waals surface area contributed by atoms with Gasteiger partial charge in [0.2, 0.25) is 0 Å². The fraction of sp³-hybridized carbons (Fsp3) is 0.833. The van der Waals surface area contributed by atoms with Crippen molar-refractivity contribution in [3.63, 3.8) is 0 Å². The number of allylic oxidation sites excluding steroid dienone is 1. The standard InChI is InChI=1S/C12H22O/c1-9(2)11-6-5-10(3)12(7-11)8-13-4/h8-11H,5-7H2,1-4H3/b12-8+. The summed E-state index contributed by atoms with van der Waals surface area (Å²) in [6, 6.07) is 0. The summed E-state index contributed by atoms with van der Waals surface area (Å²) in [7, 11) is 1.75. The summed E-state index contributed by atoms with van der Waals surface area (Å²) in [4.78, 5) is 0. The van der Waals surface area contributed by atoms with E-state index in [9.17, 15) is 0 Å². The number of ether oxygens (including phenoxy) is 1. The van der Waals surface area contributed by atoms with E-state index in [1.807, 2.05) is 6.26 Å². The van der Waals surface area contributed by atoms with Gasteiger partial charge in [-0.2, -0.15) is 0 Å². The molecule has 0 aromatic carbocycles. The molecular formula is C12H22O. The first-order valence-electron chi connectivity index (χ1n) is 5.36. The molecule has 0 radical (unpaired) electrons. The molecule has 2 unspecified atom stereocenters. The first kappa shape index (κ1) is 10.6. The quantitative estimate of drug-likeness (QED) is 0.593. The Labute approximate surface area is 82.2 Å². The average Bonchev–Trinajstić information content (AvgIpc) is 2.08. The Hall–Kier alpha value is -0.460.